The molecule has 0 bridgehead atoms. The zero-order valence-corrected chi connectivity index (χ0v) is 30.4. The van der Waals surface area contributed by atoms with E-state index in [0.29, 0.717) is 5.82 Å². The molecule has 0 amide bonds. The number of ether oxygens (including phenoxy) is 1. The smallest absolute Gasteiger partial charge is 0.160 e. The van der Waals surface area contributed by atoms with Gasteiger partial charge in [-0.05, 0) is 51.1 Å². The molecule has 56 heavy (non-hydrogen) atoms. The van der Waals surface area contributed by atoms with E-state index >= 15 is 0 Å². The van der Waals surface area contributed by atoms with Crippen LogP contribution in [0.15, 0.2) is 206 Å². The number of benzene rings is 8. The quantitative estimate of drug-likeness (QED) is 0.178. The summed E-state index contributed by atoms with van der Waals surface area (Å²) >= 11 is 0. The first kappa shape index (κ1) is 32.1. The minimum Gasteiger partial charge on any atom is -0.456 e. The first-order chi connectivity index (χ1) is 27.8. The topological polar surface area (TPSA) is 35.0 Å². The first-order valence-corrected chi connectivity index (χ1v) is 19.1. The first-order valence-electron chi connectivity index (χ1n) is 19.1. The molecule has 1 spiro atoms. The van der Waals surface area contributed by atoms with E-state index in [9.17, 15) is 0 Å². The van der Waals surface area contributed by atoms with Gasteiger partial charge in [-0.25, -0.2) is 9.97 Å². The molecule has 2 heterocycles. The van der Waals surface area contributed by atoms with Gasteiger partial charge >= 0.3 is 0 Å². The van der Waals surface area contributed by atoms with E-state index in [-0.39, 0.29) is 0 Å². The number of hydrogen-bond donors (Lipinski definition) is 0. The van der Waals surface area contributed by atoms with E-state index in [1.54, 1.807) is 0 Å². The van der Waals surface area contributed by atoms with Gasteiger partial charge in [-0.3, -0.25) is 0 Å². The van der Waals surface area contributed by atoms with Crippen LogP contribution in [0.25, 0.3) is 67.3 Å². The van der Waals surface area contributed by atoms with Crippen molar-refractivity contribution in [1.82, 2.24) is 9.97 Å². The standard InChI is InChI=1S/C53H34N2O/c1-3-14-35(15-4-1)36-26-30-39(31-27-36)49-34-48(38-16-5-2-6-17-38)54-52(55-49)40-32-28-37(29-33-40)41-20-13-24-47-51(41)56-50-25-12-11-23-46(50)53(47)44-21-9-7-18-42(44)43-19-8-10-22-45(43)53/h1-34H. The number of aromatic nitrogens is 2. The van der Waals surface area contributed by atoms with Crippen molar-refractivity contribution in [2.45, 2.75) is 5.41 Å². The average Bonchev–Trinajstić information content (AvgIpc) is 3.57. The number of nitrogens with zero attached hydrogens (tertiary/aromatic N) is 2. The van der Waals surface area contributed by atoms with Gasteiger partial charge in [0.05, 0.1) is 16.8 Å². The van der Waals surface area contributed by atoms with E-state index in [4.69, 9.17) is 14.7 Å². The maximum Gasteiger partial charge on any atom is 0.160 e. The summed E-state index contributed by atoms with van der Waals surface area (Å²) in [6, 6.07) is 72.9. The number of fused-ring (bicyclic) bond motifs is 9. The second-order valence-corrected chi connectivity index (χ2v) is 14.5. The lowest BCUT2D eigenvalue weighted by Gasteiger charge is -2.40. The van der Waals surface area contributed by atoms with Crippen molar-refractivity contribution in [2.75, 3.05) is 0 Å². The van der Waals surface area contributed by atoms with E-state index in [1.165, 1.54) is 38.9 Å². The summed E-state index contributed by atoms with van der Waals surface area (Å²) in [5.41, 5.74) is 16.2. The van der Waals surface area contributed by atoms with Crippen molar-refractivity contribution in [3.8, 4) is 78.8 Å². The van der Waals surface area contributed by atoms with E-state index in [0.717, 1.165) is 56.3 Å². The van der Waals surface area contributed by atoms with E-state index in [1.807, 2.05) is 24.3 Å². The lowest BCUT2D eigenvalue weighted by Crippen LogP contribution is -2.32. The molecule has 0 radical (unpaired) electrons. The molecule has 0 atom stereocenters. The van der Waals surface area contributed by atoms with Crippen molar-refractivity contribution in [1.29, 1.82) is 0 Å². The maximum absolute atomic E-state index is 6.94. The van der Waals surface area contributed by atoms with Gasteiger partial charge in [-0.2, -0.15) is 0 Å². The Kier molecular flexibility index (Phi) is 7.39. The average molecular weight is 715 g/mol. The van der Waals surface area contributed by atoms with Crippen LogP contribution in [0.2, 0.25) is 0 Å². The van der Waals surface area contributed by atoms with Crippen LogP contribution in [0.3, 0.4) is 0 Å². The zero-order valence-electron chi connectivity index (χ0n) is 30.4. The highest BCUT2D eigenvalue weighted by atomic mass is 16.5. The Balaban J connectivity index is 1.02. The SMILES string of the molecule is c1ccc(-c2ccc(-c3cc(-c4ccccc4)nc(-c4ccc(-c5cccc6c5Oc5ccccc5C65c6ccccc6-c6ccccc65)cc4)n3)cc2)cc1. The summed E-state index contributed by atoms with van der Waals surface area (Å²) < 4.78 is 6.94. The zero-order chi connectivity index (χ0) is 37.1. The molecule has 0 saturated heterocycles. The van der Waals surface area contributed by atoms with Gasteiger partial charge in [0, 0.05) is 33.4 Å². The highest BCUT2D eigenvalue weighted by Gasteiger charge is 2.51. The molecule has 1 aliphatic carbocycles. The van der Waals surface area contributed by atoms with Crippen LogP contribution in [-0.2, 0) is 5.41 Å². The molecule has 262 valence electrons. The second kappa shape index (κ2) is 12.9. The Morgan fingerprint density at radius 3 is 1.43 bits per heavy atom. The monoisotopic (exact) mass is 714 g/mol. The van der Waals surface area contributed by atoms with Gasteiger partial charge in [-0.1, -0.05) is 194 Å². The Hall–Kier alpha value is -7.36. The third-order valence-electron chi connectivity index (χ3n) is 11.4. The molecule has 0 N–H and O–H groups in total. The van der Waals surface area contributed by atoms with Crippen molar-refractivity contribution < 1.29 is 4.74 Å². The number of para-hydroxylation sites is 2. The van der Waals surface area contributed by atoms with Gasteiger partial charge < -0.3 is 4.74 Å². The van der Waals surface area contributed by atoms with Gasteiger partial charge in [0.25, 0.3) is 0 Å². The van der Waals surface area contributed by atoms with Crippen LogP contribution in [0.1, 0.15) is 22.3 Å². The normalized spacial score (nSPS) is 12.9. The van der Waals surface area contributed by atoms with Crippen LogP contribution in [0, 0.1) is 0 Å². The van der Waals surface area contributed by atoms with E-state index in [2.05, 4.69) is 182 Å². The molecular formula is C53H34N2O. The summed E-state index contributed by atoms with van der Waals surface area (Å²) in [5.74, 6) is 2.44. The molecular weight excluding hydrogens is 681 g/mol. The highest BCUT2D eigenvalue weighted by molar-refractivity contribution is 5.90. The predicted octanol–water partition coefficient (Wildman–Crippen LogP) is 13.3. The fourth-order valence-corrected chi connectivity index (χ4v) is 8.85. The number of hydrogen-bond acceptors (Lipinski definition) is 3. The molecule has 0 fully saturated rings. The van der Waals surface area contributed by atoms with Crippen molar-refractivity contribution >= 4 is 0 Å². The summed E-state index contributed by atoms with van der Waals surface area (Å²) in [5, 5.41) is 0. The Bertz CT molecular complexity index is 2870. The Morgan fingerprint density at radius 1 is 0.321 bits per heavy atom. The molecule has 1 aromatic heterocycles. The molecule has 0 unspecified atom stereocenters. The van der Waals surface area contributed by atoms with Crippen LogP contribution in [0.4, 0.5) is 0 Å². The summed E-state index contributed by atoms with van der Waals surface area (Å²) in [6.45, 7) is 0. The molecule has 2 aliphatic rings. The third kappa shape index (κ3) is 4.98. The summed E-state index contributed by atoms with van der Waals surface area (Å²) in [6.07, 6.45) is 0. The van der Waals surface area contributed by atoms with Crippen molar-refractivity contribution in [2.24, 2.45) is 0 Å². The Morgan fingerprint density at radius 2 is 0.768 bits per heavy atom. The fourth-order valence-electron chi connectivity index (χ4n) is 8.85. The highest BCUT2D eigenvalue weighted by Crippen LogP contribution is 2.63. The van der Waals surface area contributed by atoms with Crippen molar-refractivity contribution in [3.05, 3.63) is 229 Å². The minimum absolute atomic E-state index is 0.505. The molecule has 9 aromatic rings. The lowest BCUT2D eigenvalue weighted by molar-refractivity contribution is 0.438. The molecule has 11 rings (SSSR count). The van der Waals surface area contributed by atoms with Crippen LogP contribution in [0.5, 0.6) is 11.5 Å². The van der Waals surface area contributed by atoms with Gasteiger partial charge in [0.1, 0.15) is 11.5 Å². The van der Waals surface area contributed by atoms with Gasteiger partial charge in [-0.15, -0.1) is 0 Å². The Labute approximate surface area is 326 Å². The fraction of sp³-hybridized carbons (Fsp3) is 0.0189. The third-order valence-corrected chi connectivity index (χ3v) is 11.4. The maximum atomic E-state index is 6.94. The predicted molar refractivity (Wildman–Crippen MR) is 227 cm³/mol. The summed E-state index contributed by atoms with van der Waals surface area (Å²) in [4.78, 5) is 10.3. The molecule has 3 heteroatoms. The second-order valence-electron chi connectivity index (χ2n) is 14.5. The van der Waals surface area contributed by atoms with Gasteiger partial charge in [0.15, 0.2) is 5.82 Å². The lowest BCUT2D eigenvalue weighted by atomic mass is 9.65. The van der Waals surface area contributed by atoms with E-state index < -0.39 is 5.41 Å². The minimum atomic E-state index is -0.505. The largest absolute Gasteiger partial charge is 0.456 e. The van der Waals surface area contributed by atoms with Crippen molar-refractivity contribution in [3.63, 3.8) is 0 Å². The van der Waals surface area contributed by atoms with Crippen LogP contribution in [-0.4, -0.2) is 9.97 Å². The molecule has 0 saturated carbocycles. The molecule has 3 nitrogen and oxygen atoms in total. The number of rotatable bonds is 5. The molecule has 1 aliphatic heterocycles. The van der Waals surface area contributed by atoms with Crippen LogP contribution >= 0.6 is 0 Å². The summed E-state index contributed by atoms with van der Waals surface area (Å²) in [7, 11) is 0. The molecule has 8 aromatic carbocycles. The van der Waals surface area contributed by atoms with Crippen LogP contribution < -0.4 is 4.74 Å². The van der Waals surface area contributed by atoms with Gasteiger partial charge in [0.2, 0.25) is 0 Å².